The van der Waals surface area contributed by atoms with Crippen LogP contribution in [0.3, 0.4) is 0 Å². The van der Waals surface area contributed by atoms with E-state index in [0.29, 0.717) is 13.0 Å². The Hall–Kier alpha value is -1.14. The summed E-state index contributed by atoms with van der Waals surface area (Å²) in [5.74, 6) is 2.54. The maximum Gasteiger partial charge on any atom is 0.242 e. The molecule has 4 aliphatic carbocycles. The monoisotopic (exact) mass is 377 g/mol. The molecule has 0 spiro atoms. The van der Waals surface area contributed by atoms with Gasteiger partial charge in [0, 0.05) is 32.6 Å². The van der Waals surface area contributed by atoms with Gasteiger partial charge >= 0.3 is 0 Å². The average molecular weight is 378 g/mol. The summed E-state index contributed by atoms with van der Waals surface area (Å²) in [6.07, 6.45) is 8.47. The molecule has 5 aliphatic rings. The molecule has 0 aromatic rings. The number of nitrogens with zero attached hydrogens (tertiary/aromatic N) is 1. The lowest BCUT2D eigenvalue weighted by molar-refractivity contribution is -0.133. The zero-order chi connectivity index (χ0) is 18.9. The molecule has 0 unspecified atom stereocenters. The summed E-state index contributed by atoms with van der Waals surface area (Å²) in [6.45, 7) is 6.63. The first-order valence-electron chi connectivity index (χ1n) is 10.9. The number of rotatable bonds is 7. The quantitative estimate of drug-likeness (QED) is 0.706. The van der Waals surface area contributed by atoms with Crippen LogP contribution in [0.1, 0.15) is 51.9 Å². The lowest BCUT2D eigenvalue weighted by Crippen LogP contribution is -2.51. The Morgan fingerprint density at radius 3 is 2.26 bits per heavy atom. The maximum absolute atomic E-state index is 12.7. The summed E-state index contributed by atoms with van der Waals surface area (Å²) in [4.78, 5) is 27.3. The van der Waals surface area contributed by atoms with E-state index in [9.17, 15) is 9.59 Å². The van der Waals surface area contributed by atoms with Crippen molar-refractivity contribution < 1.29 is 14.3 Å². The van der Waals surface area contributed by atoms with E-state index in [-0.39, 0.29) is 17.2 Å². The molecule has 2 amide bonds. The molecule has 0 radical (unpaired) electrons. The summed E-state index contributed by atoms with van der Waals surface area (Å²) >= 11 is 0. The fourth-order valence-electron chi connectivity index (χ4n) is 6.52. The Morgan fingerprint density at radius 1 is 1.07 bits per heavy atom. The molecule has 1 saturated heterocycles. The Morgan fingerprint density at radius 2 is 1.67 bits per heavy atom. The molecule has 2 N–H and O–H groups in total. The van der Waals surface area contributed by atoms with E-state index in [1.165, 1.54) is 38.5 Å². The van der Waals surface area contributed by atoms with Crippen molar-refractivity contribution in [3.05, 3.63) is 0 Å². The fourth-order valence-corrected chi connectivity index (χ4v) is 6.52. The first kappa shape index (κ1) is 19.2. The van der Waals surface area contributed by atoms with Gasteiger partial charge in [0.25, 0.3) is 0 Å². The molecule has 5 fully saturated rings. The number of hydrogen-bond donors (Lipinski definition) is 2. The molecule has 5 rings (SSSR count). The molecule has 1 heterocycles. The second-order valence-electron chi connectivity index (χ2n) is 9.63. The zero-order valence-electron chi connectivity index (χ0n) is 16.7. The Bertz CT molecular complexity index is 524. The molecule has 152 valence electrons. The summed E-state index contributed by atoms with van der Waals surface area (Å²) in [7, 11) is 0. The number of amides is 2. The highest BCUT2D eigenvalue weighted by molar-refractivity contribution is 5.87. The van der Waals surface area contributed by atoms with Gasteiger partial charge in [0.2, 0.25) is 11.8 Å². The fraction of sp³-hybridized carbons (Fsp3) is 0.905. The number of hydrogen-bond acceptors (Lipinski definition) is 4. The van der Waals surface area contributed by atoms with E-state index in [2.05, 4.69) is 15.5 Å². The van der Waals surface area contributed by atoms with E-state index >= 15 is 0 Å². The molecule has 6 heteroatoms. The van der Waals surface area contributed by atoms with E-state index in [1.807, 2.05) is 0 Å². The van der Waals surface area contributed by atoms with Crippen molar-refractivity contribution in [2.45, 2.75) is 57.9 Å². The summed E-state index contributed by atoms with van der Waals surface area (Å²) in [5.41, 5.74) is 0.228. The summed E-state index contributed by atoms with van der Waals surface area (Å²) in [6, 6.07) is -0.462. The number of carbonyl (C=O) groups excluding carboxylic acids is 2. The minimum Gasteiger partial charge on any atom is -0.379 e. The lowest BCUT2D eigenvalue weighted by atomic mass is 9.49. The van der Waals surface area contributed by atoms with Gasteiger partial charge in [0.05, 0.1) is 13.2 Å². The predicted octanol–water partition coefficient (Wildman–Crippen LogP) is 1.55. The first-order chi connectivity index (χ1) is 13.0. The Labute approximate surface area is 162 Å². The van der Waals surface area contributed by atoms with Gasteiger partial charge < -0.3 is 15.4 Å². The van der Waals surface area contributed by atoms with Crippen molar-refractivity contribution in [2.75, 3.05) is 39.4 Å². The first-order valence-corrected chi connectivity index (χ1v) is 10.9. The third kappa shape index (κ3) is 4.65. The highest BCUT2D eigenvalue weighted by Gasteiger charge is 2.51. The van der Waals surface area contributed by atoms with Crippen molar-refractivity contribution in [3.63, 3.8) is 0 Å². The molecular formula is C21H35N3O3. The van der Waals surface area contributed by atoms with Gasteiger partial charge in [-0.25, -0.2) is 0 Å². The Balaban J connectivity index is 1.19. The third-order valence-electron chi connectivity index (χ3n) is 7.30. The molecule has 0 aromatic heterocycles. The molecule has 6 nitrogen and oxygen atoms in total. The third-order valence-corrected chi connectivity index (χ3v) is 7.30. The van der Waals surface area contributed by atoms with Crippen molar-refractivity contribution in [1.29, 1.82) is 0 Å². The normalized spacial score (nSPS) is 36.4. The van der Waals surface area contributed by atoms with Crippen molar-refractivity contribution in [2.24, 2.45) is 23.2 Å². The Kier molecular flexibility index (Phi) is 5.74. The van der Waals surface area contributed by atoms with Crippen LogP contribution in [-0.4, -0.2) is 62.1 Å². The van der Waals surface area contributed by atoms with Crippen LogP contribution < -0.4 is 10.6 Å². The van der Waals surface area contributed by atoms with Gasteiger partial charge in [-0.3, -0.25) is 14.5 Å². The topological polar surface area (TPSA) is 70.7 Å². The van der Waals surface area contributed by atoms with E-state index in [4.69, 9.17) is 4.74 Å². The molecule has 4 saturated carbocycles. The van der Waals surface area contributed by atoms with Crippen molar-refractivity contribution in [3.8, 4) is 0 Å². The van der Waals surface area contributed by atoms with Crippen molar-refractivity contribution in [1.82, 2.24) is 15.5 Å². The zero-order valence-corrected chi connectivity index (χ0v) is 16.7. The van der Waals surface area contributed by atoms with Crippen LogP contribution in [0.4, 0.5) is 0 Å². The van der Waals surface area contributed by atoms with Crippen LogP contribution in [0.25, 0.3) is 0 Å². The van der Waals surface area contributed by atoms with Gasteiger partial charge in [-0.05, 0) is 68.6 Å². The molecule has 1 aliphatic heterocycles. The van der Waals surface area contributed by atoms with Crippen molar-refractivity contribution >= 4 is 11.8 Å². The average Bonchev–Trinajstić information content (AvgIpc) is 2.60. The molecule has 27 heavy (non-hydrogen) atoms. The SMILES string of the molecule is C[C@H](NC(=O)CC12CC3CC(CC(C3)C1)C2)C(=O)NCCN1CCOCC1. The lowest BCUT2D eigenvalue weighted by Gasteiger charge is -2.56. The van der Waals surface area contributed by atoms with Crippen LogP contribution >= 0.6 is 0 Å². The number of morpholine rings is 1. The van der Waals surface area contributed by atoms with Gasteiger partial charge in [-0.15, -0.1) is 0 Å². The molecular weight excluding hydrogens is 342 g/mol. The van der Waals surface area contributed by atoms with Crippen LogP contribution in [0, 0.1) is 23.2 Å². The molecule has 4 bridgehead atoms. The van der Waals surface area contributed by atoms with E-state index < -0.39 is 6.04 Å². The smallest absolute Gasteiger partial charge is 0.242 e. The minimum atomic E-state index is -0.462. The number of nitrogens with one attached hydrogen (secondary N) is 2. The molecule has 1 atom stereocenters. The second kappa shape index (κ2) is 8.08. The van der Waals surface area contributed by atoms with Gasteiger partial charge in [-0.1, -0.05) is 0 Å². The van der Waals surface area contributed by atoms with Gasteiger partial charge in [0.15, 0.2) is 0 Å². The van der Waals surface area contributed by atoms with Crippen LogP contribution in [0.5, 0.6) is 0 Å². The minimum absolute atomic E-state index is 0.0628. The standard InChI is InChI=1S/C21H35N3O3/c1-15(20(26)22-2-3-24-4-6-27-7-5-24)23-19(25)14-21-11-16-8-17(12-21)10-18(9-16)13-21/h15-18H,2-14H2,1H3,(H,22,26)(H,23,25)/t15-,16?,17?,18?,21?/m0/s1. The summed E-state index contributed by atoms with van der Waals surface area (Å²) in [5, 5.41) is 5.92. The predicted molar refractivity (Wildman–Crippen MR) is 103 cm³/mol. The maximum atomic E-state index is 12.7. The van der Waals surface area contributed by atoms with Crippen LogP contribution in [0.2, 0.25) is 0 Å². The second-order valence-corrected chi connectivity index (χ2v) is 9.63. The molecule has 0 aromatic carbocycles. The van der Waals surface area contributed by atoms with E-state index in [1.54, 1.807) is 6.92 Å². The van der Waals surface area contributed by atoms with Crippen LogP contribution in [0.15, 0.2) is 0 Å². The van der Waals surface area contributed by atoms with Gasteiger partial charge in [0.1, 0.15) is 6.04 Å². The highest BCUT2D eigenvalue weighted by Crippen LogP contribution is 2.61. The number of carbonyl (C=O) groups is 2. The largest absolute Gasteiger partial charge is 0.379 e. The summed E-state index contributed by atoms with van der Waals surface area (Å²) < 4.78 is 5.33. The van der Waals surface area contributed by atoms with Crippen LogP contribution in [-0.2, 0) is 14.3 Å². The van der Waals surface area contributed by atoms with Gasteiger partial charge in [-0.2, -0.15) is 0 Å². The highest BCUT2D eigenvalue weighted by atomic mass is 16.5. The number of ether oxygens (including phenoxy) is 1. The van der Waals surface area contributed by atoms with E-state index in [0.717, 1.165) is 50.6 Å².